The monoisotopic (exact) mass is 472 g/mol. The fraction of sp³-hybridized carbons (Fsp3) is 0.115. The Morgan fingerprint density at radius 2 is 1.83 bits per heavy atom. The molecule has 1 aliphatic heterocycles. The van der Waals surface area contributed by atoms with Crippen molar-refractivity contribution in [1.82, 2.24) is 15.5 Å². The number of methoxy groups -OCH3 is 1. The maximum absolute atomic E-state index is 13.5. The van der Waals surface area contributed by atoms with Crippen molar-refractivity contribution in [2.45, 2.75) is 13.0 Å². The number of rotatable bonds is 5. The zero-order valence-electron chi connectivity index (χ0n) is 18.9. The summed E-state index contributed by atoms with van der Waals surface area (Å²) in [5.41, 5.74) is 2.88. The summed E-state index contributed by atoms with van der Waals surface area (Å²) in [5.74, 6) is 0.406. The number of amides is 2. The fourth-order valence-electron chi connectivity index (χ4n) is 4.10. The Bertz CT molecular complexity index is 1420. The number of hydrogen-bond acceptors (Lipinski definition) is 6. The van der Waals surface area contributed by atoms with Gasteiger partial charge in [0.15, 0.2) is 11.5 Å². The Hall–Kier alpha value is -4.66. The van der Waals surface area contributed by atoms with Gasteiger partial charge < -0.3 is 19.7 Å². The van der Waals surface area contributed by atoms with Crippen molar-refractivity contribution in [2.75, 3.05) is 12.0 Å². The minimum atomic E-state index is -0.708. The van der Waals surface area contributed by atoms with Gasteiger partial charge in [-0.1, -0.05) is 41.6 Å². The highest BCUT2D eigenvalue weighted by atomic mass is 19.1. The number of phenols is 1. The first-order chi connectivity index (χ1) is 17.0. The predicted octanol–water partition coefficient (Wildman–Crippen LogP) is 5.29. The third-order valence-corrected chi connectivity index (χ3v) is 5.79. The molecule has 176 valence electrons. The lowest BCUT2D eigenvalue weighted by Gasteiger charge is -2.35. The normalized spacial score (nSPS) is 15.8. The highest BCUT2D eigenvalue weighted by molar-refractivity contribution is 6.01. The molecule has 0 radical (unpaired) electrons. The van der Waals surface area contributed by atoms with E-state index in [9.17, 15) is 14.3 Å². The quantitative estimate of drug-likeness (QED) is 0.409. The predicted molar refractivity (Wildman–Crippen MR) is 127 cm³/mol. The number of aromatic nitrogens is 2. The zero-order chi connectivity index (χ0) is 24.5. The highest BCUT2D eigenvalue weighted by Gasteiger charge is 2.36. The van der Waals surface area contributed by atoms with Crippen molar-refractivity contribution in [3.63, 3.8) is 0 Å². The SMILES string of the molecule is COc1ccc(C2NC(=O)N(c3ccc(F)cc3)C(C)=C2c2nc(-c3ccccc3)no2)cc1O. The number of allylic oxidation sites excluding steroid dienone is 1. The lowest BCUT2D eigenvalue weighted by atomic mass is 9.94. The average Bonchev–Trinajstić information content (AvgIpc) is 3.35. The molecule has 1 aliphatic rings. The number of nitrogens with zero attached hydrogens (tertiary/aromatic N) is 3. The molecule has 9 heteroatoms. The average molecular weight is 472 g/mol. The van der Waals surface area contributed by atoms with Crippen LogP contribution in [0.5, 0.6) is 11.5 Å². The van der Waals surface area contributed by atoms with E-state index in [-0.39, 0.29) is 11.6 Å². The van der Waals surface area contributed by atoms with Crippen LogP contribution in [-0.2, 0) is 0 Å². The van der Waals surface area contributed by atoms with Crippen LogP contribution in [0.1, 0.15) is 24.4 Å². The van der Waals surface area contributed by atoms with Gasteiger partial charge in [0, 0.05) is 11.3 Å². The van der Waals surface area contributed by atoms with Crippen molar-refractivity contribution >= 4 is 17.3 Å². The molecule has 1 aromatic heterocycles. The third-order valence-electron chi connectivity index (χ3n) is 5.79. The lowest BCUT2D eigenvalue weighted by molar-refractivity contribution is 0.244. The highest BCUT2D eigenvalue weighted by Crippen LogP contribution is 2.41. The summed E-state index contributed by atoms with van der Waals surface area (Å²) in [4.78, 5) is 19.2. The van der Waals surface area contributed by atoms with Crippen LogP contribution in [0.4, 0.5) is 14.9 Å². The molecular formula is C26H21FN4O4. The second-order valence-corrected chi connectivity index (χ2v) is 7.91. The molecule has 0 bridgehead atoms. The molecule has 0 spiro atoms. The molecular weight excluding hydrogens is 451 g/mol. The second-order valence-electron chi connectivity index (χ2n) is 7.91. The van der Waals surface area contributed by atoms with Gasteiger partial charge in [-0.15, -0.1) is 0 Å². The first kappa shape index (κ1) is 22.1. The van der Waals surface area contributed by atoms with Crippen LogP contribution in [0.25, 0.3) is 17.0 Å². The Balaban J connectivity index is 1.66. The standard InChI is InChI=1S/C26H21FN4O4/c1-15-22(25-29-24(30-35-25)16-6-4-3-5-7-16)23(17-8-13-21(34-2)20(32)14-17)28-26(33)31(15)19-11-9-18(27)10-12-19/h3-14,23,32H,1-2H3,(H,28,33). The van der Waals surface area contributed by atoms with E-state index in [1.54, 1.807) is 19.1 Å². The van der Waals surface area contributed by atoms with Gasteiger partial charge in [-0.25, -0.2) is 9.18 Å². The molecule has 5 rings (SSSR count). The molecule has 0 saturated heterocycles. The molecule has 3 aromatic carbocycles. The number of phenolic OH excluding ortho intramolecular Hbond substituents is 1. The molecule has 2 heterocycles. The number of carbonyl (C=O) groups is 1. The molecule has 35 heavy (non-hydrogen) atoms. The zero-order valence-corrected chi connectivity index (χ0v) is 18.9. The molecule has 0 fully saturated rings. The number of hydrogen-bond donors (Lipinski definition) is 2. The van der Waals surface area contributed by atoms with E-state index in [0.717, 1.165) is 5.56 Å². The van der Waals surface area contributed by atoms with Crippen LogP contribution in [0.15, 0.2) is 83.0 Å². The van der Waals surface area contributed by atoms with Gasteiger partial charge in [0.2, 0.25) is 5.82 Å². The Morgan fingerprint density at radius 1 is 1.09 bits per heavy atom. The Morgan fingerprint density at radius 3 is 2.51 bits per heavy atom. The van der Waals surface area contributed by atoms with Crippen LogP contribution in [0, 0.1) is 5.82 Å². The van der Waals surface area contributed by atoms with E-state index in [4.69, 9.17) is 9.26 Å². The van der Waals surface area contributed by atoms with Crippen LogP contribution in [0.3, 0.4) is 0 Å². The van der Waals surface area contributed by atoms with Gasteiger partial charge in [0.1, 0.15) is 5.82 Å². The van der Waals surface area contributed by atoms with Gasteiger partial charge >= 0.3 is 6.03 Å². The van der Waals surface area contributed by atoms with Crippen LogP contribution < -0.4 is 15.0 Å². The topological polar surface area (TPSA) is 101 Å². The van der Waals surface area contributed by atoms with Gasteiger partial charge in [-0.05, 0) is 48.9 Å². The lowest BCUT2D eigenvalue weighted by Crippen LogP contribution is -2.46. The molecule has 2 N–H and O–H groups in total. The van der Waals surface area contributed by atoms with Crippen molar-refractivity contribution in [3.8, 4) is 22.9 Å². The number of anilines is 1. The number of nitrogens with one attached hydrogen (secondary N) is 1. The van der Waals surface area contributed by atoms with Crippen LogP contribution in [-0.4, -0.2) is 28.4 Å². The molecule has 2 amide bonds. The minimum Gasteiger partial charge on any atom is -0.504 e. The van der Waals surface area contributed by atoms with E-state index >= 15 is 0 Å². The van der Waals surface area contributed by atoms with Crippen molar-refractivity contribution in [1.29, 1.82) is 0 Å². The van der Waals surface area contributed by atoms with Crippen molar-refractivity contribution < 1.29 is 23.6 Å². The fourth-order valence-corrected chi connectivity index (χ4v) is 4.10. The summed E-state index contributed by atoms with van der Waals surface area (Å²) in [7, 11) is 1.46. The minimum absolute atomic E-state index is 0.0762. The second kappa shape index (κ2) is 8.94. The maximum atomic E-state index is 13.5. The van der Waals surface area contributed by atoms with Gasteiger partial charge in [-0.3, -0.25) is 4.90 Å². The molecule has 4 aromatic rings. The largest absolute Gasteiger partial charge is 0.504 e. The van der Waals surface area contributed by atoms with E-state index in [2.05, 4.69) is 15.5 Å². The first-order valence-electron chi connectivity index (χ1n) is 10.8. The molecule has 1 atom stereocenters. The maximum Gasteiger partial charge on any atom is 0.326 e. The van der Waals surface area contributed by atoms with Crippen molar-refractivity contribution in [2.24, 2.45) is 0 Å². The Kier molecular flexibility index (Phi) is 5.66. The number of aromatic hydroxyl groups is 1. The first-order valence-corrected chi connectivity index (χ1v) is 10.8. The Labute approximate surface area is 200 Å². The summed E-state index contributed by atoms with van der Waals surface area (Å²) in [5, 5.41) is 17.4. The van der Waals surface area contributed by atoms with E-state index < -0.39 is 17.9 Å². The van der Waals surface area contributed by atoms with E-state index in [1.165, 1.54) is 42.3 Å². The number of benzene rings is 3. The van der Waals surface area contributed by atoms with E-state index in [1.807, 2.05) is 30.3 Å². The van der Waals surface area contributed by atoms with Gasteiger partial charge in [0.05, 0.1) is 24.4 Å². The number of halogens is 1. The molecule has 0 saturated carbocycles. The molecule has 0 aliphatic carbocycles. The smallest absolute Gasteiger partial charge is 0.326 e. The molecule has 1 unspecified atom stereocenters. The summed E-state index contributed by atoms with van der Waals surface area (Å²) >= 11 is 0. The number of urea groups is 1. The van der Waals surface area contributed by atoms with Crippen LogP contribution in [0.2, 0.25) is 0 Å². The van der Waals surface area contributed by atoms with Crippen molar-refractivity contribution in [3.05, 3.63) is 95.8 Å². The van der Waals surface area contributed by atoms with Gasteiger partial charge in [0.25, 0.3) is 5.89 Å². The third kappa shape index (κ3) is 4.08. The van der Waals surface area contributed by atoms with Crippen LogP contribution >= 0.6 is 0 Å². The summed E-state index contributed by atoms with van der Waals surface area (Å²) < 4.78 is 24.3. The van der Waals surface area contributed by atoms with Gasteiger partial charge in [-0.2, -0.15) is 4.98 Å². The summed E-state index contributed by atoms with van der Waals surface area (Å²) in [6.07, 6.45) is 0. The number of ether oxygens (including phenoxy) is 1. The van der Waals surface area contributed by atoms with E-state index in [0.29, 0.717) is 34.1 Å². The summed E-state index contributed by atoms with van der Waals surface area (Å²) in [6, 6.07) is 18.7. The molecule has 8 nitrogen and oxygen atoms in total. The number of carbonyl (C=O) groups excluding carboxylic acids is 1. The summed E-state index contributed by atoms with van der Waals surface area (Å²) in [6.45, 7) is 1.75.